The Labute approximate surface area is 114 Å². The van der Waals surface area contributed by atoms with Crippen LogP contribution in [0.1, 0.15) is 25.7 Å². The molecule has 5 nitrogen and oxygen atoms in total. The summed E-state index contributed by atoms with van der Waals surface area (Å²) in [6.45, 7) is 3.82. The average Bonchev–Trinajstić information content (AvgIpc) is 2.39. The maximum atomic E-state index is 11.7. The summed E-state index contributed by atoms with van der Waals surface area (Å²) in [6, 6.07) is 0. The van der Waals surface area contributed by atoms with Gasteiger partial charge in [-0.2, -0.15) is 0 Å². The van der Waals surface area contributed by atoms with E-state index in [0.29, 0.717) is 19.6 Å². The molecule has 0 bridgehead atoms. The van der Waals surface area contributed by atoms with Gasteiger partial charge in [-0.1, -0.05) is 0 Å². The van der Waals surface area contributed by atoms with Gasteiger partial charge in [0.25, 0.3) is 0 Å². The predicted octanol–water partition coefficient (Wildman–Crippen LogP) is 0.472. The Morgan fingerprint density at radius 1 is 1.22 bits per heavy atom. The highest BCUT2D eigenvalue weighted by atomic mass is 35.5. The van der Waals surface area contributed by atoms with Gasteiger partial charge in [0.2, 0.25) is 5.91 Å². The van der Waals surface area contributed by atoms with E-state index in [1.54, 1.807) is 0 Å². The highest BCUT2D eigenvalue weighted by molar-refractivity contribution is 5.85. The molecule has 106 valence electrons. The van der Waals surface area contributed by atoms with Gasteiger partial charge >= 0.3 is 0 Å². The molecule has 0 aliphatic carbocycles. The van der Waals surface area contributed by atoms with Crippen LogP contribution in [0.2, 0.25) is 0 Å². The standard InChI is InChI=1S/C12H22N2O3.ClH/c15-12(7-11-8-13-4-6-17-11)14-9-10-3-1-2-5-16-10;/h10-11,13H,1-9H2,(H,14,15);1H. The number of carbonyl (C=O) groups excluding carboxylic acids is 1. The van der Waals surface area contributed by atoms with E-state index in [0.717, 1.165) is 32.5 Å². The van der Waals surface area contributed by atoms with Crippen LogP contribution < -0.4 is 10.6 Å². The van der Waals surface area contributed by atoms with Crippen LogP contribution in [-0.4, -0.2) is 51.0 Å². The van der Waals surface area contributed by atoms with Gasteiger partial charge < -0.3 is 20.1 Å². The molecule has 0 saturated carbocycles. The molecule has 6 heteroatoms. The zero-order valence-corrected chi connectivity index (χ0v) is 11.5. The number of amides is 1. The largest absolute Gasteiger partial charge is 0.376 e. The minimum absolute atomic E-state index is 0. The zero-order chi connectivity index (χ0) is 11.9. The summed E-state index contributed by atoms with van der Waals surface area (Å²) >= 11 is 0. The van der Waals surface area contributed by atoms with E-state index in [-0.39, 0.29) is 30.5 Å². The molecule has 2 aliphatic heterocycles. The fourth-order valence-electron chi connectivity index (χ4n) is 2.23. The van der Waals surface area contributed by atoms with Crippen LogP contribution in [-0.2, 0) is 14.3 Å². The second-order valence-corrected chi connectivity index (χ2v) is 4.69. The van der Waals surface area contributed by atoms with E-state index >= 15 is 0 Å². The van der Waals surface area contributed by atoms with Crippen LogP contribution in [0.15, 0.2) is 0 Å². The van der Waals surface area contributed by atoms with Crippen molar-refractivity contribution in [2.45, 2.75) is 37.9 Å². The first-order valence-corrected chi connectivity index (χ1v) is 6.55. The fraction of sp³-hybridized carbons (Fsp3) is 0.917. The van der Waals surface area contributed by atoms with Gasteiger partial charge in [-0.3, -0.25) is 4.79 Å². The highest BCUT2D eigenvalue weighted by Gasteiger charge is 2.19. The normalized spacial score (nSPS) is 28.2. The lowest BCUT2D eigenvalue weighted by molar-refractivity contribution is -0.125. The first-order valence-electron chi connectivity index (χ1n) is 6.55. The topological polar surface area (TPSA) is 59.6 Å². The lowest BCUT2D eigenvalue weighted by Gasteiger charge is -2.25. The number of carbonyl (C=O) groups is 1. The van der Waals surface area contributed by atoms with Gasteiger partial charge in [-0.25, -0.2) is 0 Å². The number of hydrogen-bond acceptors (Lipinski definition) is 4. The number of halogens is 1. The van der Waals surface area contributed by atoms with E-state index in [1.807, 2.05) is 0 Å². The molecule has 2 saturated heterocycles. The maximum Gasteiger partial charge on any atom is 0.222 e. The van der Waals surface area contributed by atoms with Crippen molar-refractivity contribution in [1.29, 1.82) is 0 Å². The number of morpholine rings is 1. The average molecular weight is 279 g/mol. The third kappa shape index (κ3) is 5.52. The fourth-order valence-corrected chi connectivity index (χ4v) is 2.23. The minimum atomic E-state index is 0. The molecule has 18 heavy (non-hydrogen) atoms. The molecule has 0 aromatic rings. The molecule has 2 unspecified atom stereocenters. The Morgan fingerprint density at radius 3 is 2.72 bits per heavy atom. The van der Waals surface area contributed by atoms with E-state index < -0.39 is 0 Å². The third-order valence-electron chi connectivity index (χ3n) is 3.22. The van der Waals surface area contributed by atoms with Crippen LogP contribution in [0.3, 0.4) is 0 Å². The van der Waals surface area contributed by atoms with Crippen molar-refractivity contribution in [3.63, 3.8) is 0 Å². The SMILES string of the molecule is Cl.O=C(CC1CNCCO1)NCC1CCCCO1. The summed E-state index contributed by atoms with van der Waals surface area (Å²) in [5.41, 5.74) is 0. The number of ether oxygens (including phenoxy) is 2. The van der Waals surface area contributed by atoms with Crippen LogP contribution in [0.4, 0.5) is 0 Å². The Hall–Kier alpha value is -0.360. The highest BCUT2D eigenvalue weighted by Crippen LogP contribution is 2.11. The monoisotopic (exact) mass is 278 g/mol. The number of hydrogen-bond donors (Lipinski definition) is 2. The summed E-state index contributed by atoms with van der Waals surface area (Å²) in [7, 11) is 0. The molecule has 2 N–H and O–H groups in total. The molecule has 2 heterocycles. The molecule has 2 atom stereocenters. The van der Waals surface area contributed by atoms with Gasteiger partial charge in [0.1, 0.15) is 0 Å². The van der Waals surface area contributed by atoms with Crippen molar-refractivity contribution < 1.29 is 14.3 Å². The van der Waals surface area contributed by atoms with Crippen molar-refractivity contribution in [2.24, 2.45) is 0 Å². The van der Waals surface area contributed by atoms with E-state index in [1.165, 1.54) is 6.42 Å². The molecule has 0 spiro atoms. The first kappa shape index (κ1) is 15.7. The van der Waals surface area contributed by atoms with E-state index in [9.17, 15) is 4.79 Å². The van der Waals surface area contributed by atoms with Crippen molar-refractivity contribution in [1.82, 2.24) is 10.6 Å². The second-order valence-electron chi connectivity index (χ2n) is 4.69. The van der Waals surface area contributed by atoms with Crippen LogP contribution in [0, 0.1) is 0 Å². The summed E-state index contributed by atoms with van der Waals surface area (Å²) in [6.07, 6.45) is 4.08. The van der Waals surface area contributed by atoms with Crippen LogP contribution >= 0.6 is 12.4 Å². The van der Waals surface area contributed by atoms with Crippen molar-refractivity contribution in [3.8, 4) is 0 Å². The number of nitrogens with one attached hydrogen (secondary N) is 2. The molecule has 1 amide bonds. The van der Waals surface area contributed by atoms with E-state index in [4.69, 9.17) is 9.47 Å². The van der Waals surface area contributed by atoms with Gasteiger partial charge in [-0.15, -0.1) is 12.4 Å². The quantitative estimate of drug-likeness (QED) is 0.785. The molecule has 2 fully saturated rings. The van der Waals surface area contributed by atoms with E-state index in [2.05, 4.69) is 10.6 Å². The molecular formula is C12H23ClN2O3. The predicted molar refractivity (Wildman–Crippen MR) is 71.1 cm³/mol. The van der Waals surface area contributed by atoms with Crippen molar-refractivity contribution in [2.75, 3.05) is 32.8 Å². The van der Waals surface area contributed by atoms with Gasteiger partial charge in [0, 0.05) is 26.2 Å². The second kappa shape index (κ2) is 8.69. The summed E-state index contributed by atoms with van der Waals surface area (Å²) in [5, 5.41) is 6.14. The third-order valence-corrected chi connectivity index (χ3v) is 3.22. The summed E-state index contributed by atoms with van der Waals surface area (Å²) < 4.78 is 11.0. The molecule has 0 aromatic heterocycles. The minimum Gasteiger partial charge on any atom is -0.376 e. The molecule has 2 aliphatic rings. The summed E-state index contributed by atoms with van der Waals surface area (Å²) in [5.74, 6) is 0.0628. The lowest BCUT2D eigenvalue weighted by atomic mass is 10.1. The Bertz CT molecular complexity index is 241. The van der Waals surface area contributed by atoms with Crippen molar-refractivity contribution >= 4 is 18.3 Å². The molecule has 2 rings (SSSR count). The van der Waals surface area contributed by atoms with Crippen LogP contribution in [0.5, 0.6) is 0 Å². The Kier molecular flexibility index (Phi) is 7.58. The van der Waals surface area contributed by atoms with Gasteiger partial charge in [-0.05, 0) is 19.3 Å². The maximum absolute atomic E-state index is 11.7. The molecular weight excluding hydrogens is 256 g/mol. The van der Waals surface area contributed by atoms with Gasteiger partial charge in [0.15, 0.2) is 0 Å². The number of rotatable bonds is 4. The van der Waals surface area contributed by atoms with Crippen LogP contribution in [0.25, 0.3) is 0 Å². The lowest BCUT2D eigenvalue weighted by Crippen LogP contribution is -2.42. The molecule has 0 aromatic carbocycles. The Morgan fingerprint density at radius 2 is 2.06 bits per heavy atom. The van der Waals surface area contributed by atoms with Gasteiger partial charge in [0.05, 0.1) is 25.2 Å². The van der Waals surface area contributed by atoms with Crippen molar-refractivity contribution in [3.05, 3.63) is 0 Å². The Balaban J connectivity index is 0.00000162. The first-order chi connectivity index (χ1) is 8.34. The zero-order valence-electron chi connectivity index (χ0n) is 10.7. The molecule has 0 radical (unpaired) electrons. The smallest absolute Gasteiger partial charge is 0.222 e. The summed E-state index contributed by atoms with van der Waals surface area (Å²) in [4.78, 5) is 11.7.